The molecule has 1 saturated heterocycles. The number of halogens is 2. The number of nitrogens with two attached hydrogens (primary N) is 1. The summed E-state index contributed by atoms with van der Waals surface area (Å²) in [6, 6.07) is 9.27. The van der Waals surface area contributed by atoms with Gasteiger partial charge in [0, 0.05) is 24.2 Å². The van der Waals surface area contributed by atoms with Gasteiger partial charge in [-0.05, 0) is 55.2 Å². The molecule has 0 spiro atoms. The van der Waals surface area contributed by atoms with Crippen molar-refractivity contribution in [3.8, 4) is 6.07 Å². The zero-order chi connectivity index (χ0) is 26.1. The van der Waals surface area contributed by atoms with Gasteiger partial charge in [0.1, 0.15) is 22.5 Å². The monoisotopic (exact) mass is 521 g/mol. The van der Waals surface area contributed by atoms with Crippen LogP contribution in [0.25, 0.3) is 11.9 Å². The molecular formula is C27H25F2N5O2S. The number of carbonyl (C=O) groups excluding carboxylic acids is 1. The number of pyridine rings is 1. The summed E-state index contributed by atoms with van der Waals surface area (Å²) in [7, 11) is 0. The van der Waals surface area contributed by atoms with E-state index in [1.165, 1.54) is 48.3 Å². The molecule has 2 aliphatic heterocycles. The summed E-state index contributed by atoms with van der Waals surface area (Å²) in [5.41, 5.74) is 6.27. The lowest BCUT2D eigenvalue weighted by Gasteiger charge is -2.37. The largest absolute Gasteiger partial charge is 0.378 e. The van der Waals surface area contributed by atoms with Gasteiger partial charge in [0.2, 0.25) is 5.91 Å². The standard InChI is InChI=1S/C27H25F2N5O2S/c1-14-23-26(2,33-25(31)37-27(14,23)24(35)34-7-8-36-22-11-21(22)34)17-9-15(3-5-18(17)28)10-19(29)20-6-4-16(12-30)13-32-20/h3-6,9-10,13-14,21-23H,7-8,11H2,1-2H3,(H2,31,33)/b19-10-/t14?,21-,22+,23?,26+,27-/m0/s1. The van der Waals surface area contributed by atoms with E-state index in [1.807, 2.05) is 17.9 Å². The third-order valence-corrected chi connectivity index (χ3v) is 9.52. The average Bonchev–Trinajstić information content (AvgIpc) is 3.79. The minimum Gasteiger partial charge on any atom is -0.378 e. The zero-order valence-electron chi connectivity index (χ0n) is 20.3. The quantitative estimate of drug-likeness (QED) is 0.656. The Morgan fingerprint density at radius 3 is 2.92 bits per heavy atom. The normalized spacial score (nSPS) is 34.1. The Labute approximate surface area is 217 Å². The Bertz CT molecular complexity index is 1410. The minimum absolute atomic E-state index is 0.0178. The fourth-order valence-corrected chi connectivity index (χ4v) is 7.74. The van der Waals surface area contributed by atoms with Gasteiger partial charge in [-0.1, -0.05) is 24.8 Å². The van der Waals surface area contributed by atoms with Crippen molar-refractivity contribution in [3.05, 3.63) is 64.7 Å². The van der Waals surface area contributed by atoms with Crippen LogP contribution in [0.4, 0.5) is 8.78 Å². The molecule has 2 saturated carbocycles. The summed E-state index contributed by atoms with van der Waals surface area (Å²) in [5.74, 6) is -1.45. The third kappa shape index (κ3) is 3.67. The number of ether oxygens (including phenoxy) is 1. The van der Waals surface area contributed by atoms with Gasteiger partial charge in [0.25, 0.3) is 0 Å². The maximum Gasteiger partial charge on any atom is 0.240 e. The summed E-state index contributed by atoms with van der Waals surface area (Å²) in [6.07, 6.45) is 3.50. The number of aliphatic imine (C=N–C) groups is 1. The number of thioether (sulfide) groups is 1. The molecule has 1 amide bonds. The van der Waals surface area contributed by atoms with Crippen molar-refractivity contribution in [2.24, 2.45) is 22.6 Å². The van der Waals surface area contributed by atoms with Crippen LogP contribution < -0.4 is 5.73 Å². The molecule has 4 aliphatic rings. The topological polar surface area (TPSA) is 105 Å². The predicted molar refractivity (Wildman–Crippen MR) is 136 cm³/mol. The first-order valence-electron chi connectivity index (χ1n) is 12.2. The van der Waals surface area contributed by atoms with Crippen molar-refractivity contribution in [3.63, 3.8) is 0 Å². The lowest BCUT2D eigenvalue weighted by molar-refractivity contribution is -0.136. The summed E-state index contributed by atoms with van der Waals surface area (Å²) in [4.78, 5) is 24.5. The lowest BCUT2D eigenvalue weighted by Crippen LogP contribution is -2.50. The molecule has 37 heavy (non-hydrogen) atoms. The molecule has 1 aromatic heterocycles. The second-order valence-corrected chi connectivity index (χ2v) is 11.5. The molecule has 2 unspecified atom stereocenters. The molecule has 3 heterocycles. The maximum absolute atomic E-state index is 15.4. The van der Waals surface area contributed by atoms with Gasteiger partial charge in [-0.15, -0.1) is 0 Å². The molecule has 10 heteroatoms. The Balaban J connectivity index is 1.35. The average molecular weight is 522 g/mol. The number of amides is 1. The molecule has 6 rings (SSSR count). The van der Waals surface area contributed by atoms with Crippen LogP contribution in [0.3, 0.4) is 0 Å². The molecule has 2 aromatic rings. The molecule has 6 atom stereocenters. The van der Waals surface area contributed by atoms with E-state index in [0.717, 1.165) is 6.42 Å². The first-order chi connectivity index (χ1) is 17.7. The number of benzene rings is 1. The van der Waals surface area contributed by atoms with Crippen LogP contribution in [-0.2, 0) is 15.1 Å². The molecule has 3 fully saturated rings. The zero-order valence-corrected chi connectivity index (χ0v) is 21.1. The van der Waals surface area contributed by atoms with Crippen LogP contribution in [0.5, 0.6) is 0 Å². The van der Waals surface area contributed by atoms with Gasteiger partial charge in [0.05, 0.1) is 35.5 Å². The maximum atomic E-state index is 15.4. The van der Waals surface area contributed by atoms with Crippen molar-refractivity contribution in [2.45, 2.75) is 42.7 Å². The molecule has 0 radical (unpaired) electrons. The molecule has 7 nitrogen and oxygen atoms in total. The Morgan fingerprint density at radius 1 is 1.38 bits per heavy atom. The van der Waals surface area contributed by atoms with Crippen molar-refractivity contribution in [2.75, 3.05) is 13.2 Å². The van der Waals surface area contributed by atoms with E-state index >= 15 is 4.39 Å². The smallest absolute Gasteiger partial charge is 0.240 e. The number of amidine groups is 1. The van der Waals surface area contributed by atoms with Gasteiger partial charge >= 0.3 is 0 Å². The highest BCUT2D eigenvalue weighted by Gasteiger charge is 2.77. The van der Waals surface area contributed by atoms with Gasteiger partial charge in [-0.2, -0.15) is 5.26 Å². The van der Waals surface area contributed by atoms with Crippen molar-refractivity contribution in [1.82, 2.24) is 9.88 Å². The van der Waals surface area contributed by atoms with Crippen molar-refractivity contribution >= 4 is 34.7 Å². The first kappa shape index (κ1) is 24.1. The van der Waals surface area contributed by atoms with Crippen LogP contribution in [-0.4, -0.2) is 51.0 Å². The Hall–Kier alpha value is -3.29. The Kier molecular flexibility index (Phi) is 5.44. The fraction of sp³-hybridized carbons (Fsp3) is 0.407. The van der Waals surface area contributed by atoms with E-state index in [4.69, 9.17) is 15.7 Å². The van der Waals surface area contributed by atoms with Crippen LogP contribution in [0, 0.1) is 29.0 Å². The third-order valence-electron chi connectivity index (χ3n) is 8.08. The van der Waals surface area contributed by atoms with Gasteiger partial charge in [-0.3, -0.25) is 14.8 Å². The SMILES string of the molecule is CC1C2[C@@]1(C(=O)N1CCO[C@@H]3C[C@@H]31)SC(N)=N[C@]2(C)c1cc(/C=C(\F)c2ccc(C#N)cn2)ccc1F. The number of nitrogens with zero attached hydrogens (tertiary/aromatic N) is 4. The molecule has 1 aromatic carbocycles. The van der Waals surface area contributed by atoms with E-state index in [2.05, 4.69) is 9.98 Å². The Morgan fingerprint density at radius 2 is 2.19 bits per heavy atom. The van der Waals surface area contributed by atoms with E-state index < -0.39 is 21.9 Å². The van der Waals surface area contributed by atoms with Crippen LogP contribution >= 0.6 is 11.8 Å². The summed E-state index contributed by atoms with van der Waals surface area (Å²) in [6.45, 7) is 4.84. The predicted octanol–water partition coefficient (Wildman–Crippen LogP) is 3.84. The highest BCUT2D eigenvalue weighted by Crippen LogP contribution is 2.70. The van der Waals surface area contributed by atoms with Crippen LogP contribution in [0.2, 0.25) is 0 Å². The number of hydrogen-bond donors (Lipinski definition) is 1. The molecular weight excluding hydrogens is 496 g/mol. The lowest BCUT2D eigenvalue weighted by atomic mass is 9.84. The van der Waals surface area contributed by atoms with E-state index in [9.17, 15) is 9.18 Å². The molecule has 2 aliphatic carbocycles. The number of hydrogen-bond acceptors (Lipinski definition) is 7. The summed E-state index contributed by atoms with van der Waals surface area (Å²) >= 11 is 1.28. The van der Waals surface area contributed by atoms with Crippen LogP contribution in [0.15, 0.2) is 41.5 Å². The van der Waals surface area contributed by atoms with E-state index in [0.29, 0.717) is 24.3 Å². The highest BCUT2D eigenvalue weighted by molar-refractivity contribution is 8.15. The molecule has 190 valence electrons. The van der Waals surface area contributed by atoms with Gasteiger partial charge in [-0.25, -0.2) is 8.78 Å². The minimum atomic E-state index is -1.10. The number of aromatic nitrogens is 1. The van der Waals surface area contributed by atoms with Gasteiger partial charge < -0.3 is 15.4 Å². The van der Waals surface area contributed by atoms with Crippen molar-refractivity contribution < 1.29 is 18.3 Å². The number of nitriles is 1. The summed E-state index contributed by atoms with van der Waals surface area (Å²) < 4.78 is 35.2. The van der Waals surface area contributed by atoms with Gasteiger partial charge in [0.15, 0.2) is 5.17 Å². The molecule has 0 bridgehead atoms. The fourth-order valence-electron chi connectivity index (χ4n) is 6.14. The number of rotatable bonds is 4. The van der Waals surface area contributed by atoms with Crippen molar-refractivity contribution in [1.29, 1.82) is 5.26 Å². The second-order valence-electron chi connectivity index (χ2n) is 10.2. The van der Waals surface area contributed by atoms with E-state index in [1.54, 1.807) is 13.0 Å². The number of morpholine rings is 1. The molecule has 2 N–H and O–H groups in total. The van der Waals surface area contributed by atoms with E-state index in [-0.39, 0.29) is 46.3 Å². The van der Waals surface area contributed by atoms with Crippen LogP contribution in [0.1, 0.15) is 42.7 Å². The highest BCUT2D eigenvalue weighted by atomic mass is 32.2. The summed E-state index contributed by atoms with van der Waals surface area (Å²) in [5, 5.41) is 9.17. The number of fused-ring (bicyclic) bond motifs is 2. The second kappa shape index (κ2) is 8.36. The first-order valence-corrected chi connectivity index (χ1v) is 13.0. The number of carbonyl (C=O) groups is 1.